The molecular weight excluding hydrogens is 374 g/mol. The highest BCUT2D eigenvalue weighted by atomic mass is 32.2. The highest BCUT2D eigenvalue weighted by molar-refractivity contribution is 8.00. The molecule has 4 aromatic rings. The van der Waals surface area contributed by atoms with Crippen LogP contribution in [0.4, 0.5) is 5.69 Å². The minimum Gasteiger partial charge on any atom is -0.497 e. The molecule has 1 unspecified atom stereocenters. The van der Waals surface area contributed by atoms with Crippen LogP contribution >= 0.6 is 11.8 Å². The van der Waals surface area contributed by atoms with Crippen molar-refractivity contribution in [2.24, 2.45) is 0 Å². The van der Waals surface area contributed by atoms with E-state index in [2.05, 4.69) is 15.4 Å². The van der Waals surface area contributed by atoms with Gasteiger partial charge in [-0.15, -0.1) is 5.10 Å². The maximum Gasteiger partial charge on any atom is 0.237 e. The Balaban J connectivity index is 1.62. The summed E-state index contributed by atoms with van der Waals surface area (Å²) in [5, 5.41) is 8.55. The summed E-state index contributed by atoms with van der Waals surface area (Å²) in [6.07, 6.45) is 0. The molecule has 2 aromatic carbocycles. The molecule has 1 atom stereocenters. The Labute approximate surface area is 166 Å². The highest BCUT2D eigenvalue weighted by Crippen LogP contribution is 2.27. The lowest BCUT2D eigenvalue weighted by Crippen LogP contribution is -2.23. The highest BCUT2D eigenvalue weighted by Gasteiger charge is 2.20. The predicted molar refractivity (Wildman–Crippen MR) is 110 cm³/mol. The van der Waals surface area contributed by atoms with Crippen molar-refractivity contribution in [3.05, 3.63) is 54.4 Å². The first-order chi connectivity index (χ1) is 13.5. The van der Waals surface area contributed by atoms with Gasteiger partial charge in [0.2, 0.25) is 5.91 Å². The number of thioether (sulfide) groups is 1. The van der Waals surface area contributed by atoms with Gasteiger partial charge in [0.1, 0.15) is 11.6 Å². The number of methoxy groups -OCH3 is 1. The second kappa shape index (κ2) is 7.47. The lowest BCUT2D eigenvalue weighted by molar-refractivity contribution is -0.115. The fourth-order valence-electron chi connectivity index (χ4n) is 2.87. The van der Waals surface area contributed by atoms with Gasteiger partial charge in [0.15, 0.2) is 10.8 Å². The number of rotatable bonds is 5. The fraction of sp³-hybridized carbons (Fsp3) is 0.200. The van der Waals surface area contributed by atoms with Gasteiger partial charge >= 0.3 is 0 Å². The van der Waals surface area contributed by atoms with Crippen LogP contribution < -0.4 is 10.1 Å². The molecule has 7 nitrogen and oxygen atoms in total. The van der Waals surface area contributed by atoms with Crippen molar-refractivity contribution in [3.8, 4) is 5.75 Å². The van der Waals surface area contributed by atoms with E-state index in [0.29, 0.717) is 22.4 Å². The minimum atomic E-state index is -0.382. The first-order valence-electron chi connectivity index (χ1n) is 8.79. The van der Waals surface area contributed by atoms with E-state index >= 15 is 0 Å². The average molecular weight is 393 g/mol. The third kappa shape index (κ3) is 3.50. The van der Waals surface area contributed by atoms with Gasteiger partial charge in [0, 0.05) is 17.1 Å². The van der Waals surface area contributed by atoms with E-state index in [1.807, 2.05) is 56.3 Å². The van der Waals surface area contributed by atoms with Crippen molar-refractivity contribution in [2.45, 2.75) is 24.3 Å². The van der Waals surface area contributed by atoms with Gasteiger partial charge in [-0.2, -0.15) is 4.52 Å². The average Bonchev–Trinajstić information content (AvgIpc) is 3.10. The summed E-state index contributed by atoms with van der Waals surface area (Å²) in [5.41, 5.74) is 2.25. The topological polar surface area (TPSA) is 81.4 Å². The molecule has 4 rings (SSSR count). The molecule has 2 aromatic heterocycles. The molecule has 0 aliphatic carbocycles. The molecule has 0 aliphatic rings. The van der Waals surface area contributed by atoms with Crippen molar-refractivity contribution in [1.82, 2.24) is 19.6 Å². The number of aromatic nitrogens is 4. The zero-order valence-electron chi connectivity index (χ0n) is 15.7. The van der Waals surface area contributed by atoms with Crippen LogP contribution in [0.1, 0.15) is 12.7 Å². The van der Waals surface area contributed by atoms with Crippen LogP contribution in [-0.4, -0.2) is 37.8 Å². The summed E-state index contributed by atoms with van der Waals surface area (Å²) in [6.45, 7) is 3.68. The summed E-state index contributed by atoms with van der Waals surface area (Å²) >= 11 is 1.34. The van der Waals surface area contributed by atoms with Gasteiger partial charge in [-0.3, -0.25) is 4.79 Å². The van der Waals surface area contributed by atoms with Crippen LogP contribution in [0.3, 0.4) is 0 Å². The number of amides is 1. The van der Waals surface area contributed by atoms with E-state index in [-0.39, 0.29) is 11.2 Å². The van der Waals surface area contributed by atoms with E-state index in [1.165, 1.54) is 11.8 Å². The molecular formula is C20H19N5O2S. The van der Waals surface area contributed by atoms with Gasteiger partial charge in [0.05, 0.1) is 17.9 Å². The van der Waals surface area contributed by atoms with Crippen LogP contribution in [-0.2, 0) is 4.79 Å². The zero-order valence-corrected chi connectivity index (χ0v) is 16.5. The standard InChI is InChI=1S/C20H19N5O2S/c1-12(19(26)22-14-7-6-8-15(11-14)27-3)28-20-23-17-10-5-4-9-16(17)18-21-13(2)24-25(18)20/h4-12H,1-3H3,(H,22,26). The molecule has 0 spiro atoms. The summed E-state index contributed by atoms with van der Waals surface area (Å²) in [4.78, 5) is 21.9. The summed E-state index contributed by atoms with van der Waals surface area (Å²) in [7, 11) is 1.59. The number of nitrogens with zero attached hydrogens (tertiary/aromatic N) is 4. The minimum absolute atomic E-state index is 0.127. The van der Waals surface area contributed by atoms with Gasteiger partial charge in [-0.1, -0.05) is 30.0 Å². The molecule has 0 aliphatic heterocycles. The van der Waals surface area contributed by atoms with Crippen molar-refractivity contribution < 1.29 is 9.53 Å². The number of aryl methyl sites for hydroxylation is 1. The van der Waals surface area contributed by atoms with Gasteiger partial charge in [0.25, 0.3) is 0 Å². The Kier molecular flexibility index (Phi) is 4.87. The smallest absolute Gasteiger partial charge is 0.237 e. The number of carbonyl (C=O) groups is 1. The number of benzene rings is 2. The van der Waals surface area contributed by atoms with Gasteiger partial charge < -0.3 is 10.1 Å². The second-order valence-corrected chi connectivity index (χ2v) is 7.60. The van der Waals surface area contributed by atoms with Crippen molar-refractivity contribution in [3.63, 3.8) is 0 Å². The number of carbonyl (C=O) groups excluding carboxylic acids is 1. The van der Waals surface area contributed by atoms with E-state index < -0.39 is 0 Å². The maximum absolute atomic E-state index is 12.7. The predicted octanol–water partition coefficient (Wildman–Crippen LogP) is 3.71. The molecule has 0 saturated heterocycles. The Hall–Kier alpha value is -3.13. The molecule has 1 amide bonds. The zero-order chi connectivity index (χ0) is 19.7. The monoisotopic (exact) mass is 393 g/mol. The molecule has 0 bridgehead atoms. The van der Waals surface area contributed by atoms with Crippen LogP contribution in [0.25, 0.3) is 16.6 Å². The second-order valence-electron chi connectivity index (χ2n) is 6.29. The first-order valence-corrected chi connectivity index (χ1v) is 9.67. The number of hydrogen-bond donors (Lipinski definition) is 1. The van der Waals surface area contributed by atoms with Crippen molar-refractivity contribution in [2.75, 3.05) is 12.4 Å². The van der Waals surface area contributed by atoms with Crippen molar-refractivity contribution >= 4 is 39.9 Å². The summed E-state index contributed by atoms with van der Waals surface area (Å²) in [6, 6.07) is 15.1. The fourth-order valence-corrected chi connectivity index (χ4v) is 3.73. The Morgan fingerprint density at radius 3 is 2.82 bits per heavy atom. The lowest BCUT2D eigenvalue weighted by Gasteiger charge is -2.13. The SMILES string of the molecule is COc1cccc(NC(=O)C(C)Sc2nc3ccccc3c3nc(C)nn23)c1. The third-order valence-electron chi connectivity index (χ3n) is 4.24. The van der Waals surface area contributed by atoms with Crippen LogP contribution in [0, 0.1) is 6.92 Å². The number of nitrogens with one attached hydrogen (secondary N) is 1. The Morgan fingerprint density at radius 1 is 1.18 bits per heavy atom. The van der Waals surface area contributed by atoms with Gasteiger partial charge in [-0.25, -0.2) is 9.97 Å². The molecule has 1 N–H and O–H groups in total. The number of fused-ring (bicyclic) bond motifs is 3. The molecule has 28 heavy (non-hydrogen) atoms. The van der Waals surface area contributed by atoms with Crippen LogP contribution in [0.15, 0.2) is 53.7 Å². The maximum atomic E-state index is 12.7. The largest absolute Gasteiger partial charge is 0.497 e. The third-order valence-corrected chi connectivity index (χ3v) is 5.29. The molecule has 0 radical (unpaired) electrons. The Bertz CT molecular complexity index is 1170. The lowest BCUT2D eigenvalue weighted by atomic mass is 10.2. The van der Waals surface area contributed by atoms with E-state index in [0.717, 1.165) is 16.6 Å². The summed E-state index contributed by atoms with van der Waals surface area (Å²) < 4.78 is 6.90. The molecule has 0 saturated carbocycles. The molecule has 142 valence electrons. The van der Waals surface area contributed by atoms with Crippen LogP contribution in [0.5, 0.6) is 5.75 Å². The molecule has 2 heterocycles. The molecule has 8 heteroatoms. The van der Waals surface area contributed by atoms with Crippen molar-refractivity contribution in [1.29, 1.82) is 0 Å². The van der Waals surface area contributed by atoms with E-state index in [9.17, 15) is 4.79 Å². The van der Waals surface area contributed by atoms with E-state index in [4.69, 9.17) is 9.72 Å². The number of hydrogen-bond acceptors (Lipinski definition) is 6. The van der Waals surface area contributed by atoms with Crippen LogP contribution in [0.2, 0.25) is 0 Å². The van der Waals surface area contributed by atoms with Gasteiger partial charge in [-0.05, 0) is 38.1 Å². The normalized spacial score (nSPS) is 12.2. The number of ether oxygens (including phenoxy) is 1. The Morgan fingerprint density at radius 2 is 2.00 bits per heavy atom. The number of para-hydroxylation sites is 1. The molecule has 0 fully saturated rings. The summed E-state index contributed by atoms with van der Waals surface area (Å²) in [5.74, 6) is 1.22. The van der Waals surface area contributed by atoms with E-state index in [1.54, 1.807) is 17.7 Å². The number of anilines is 1. The quantitative estimate of drug-likeness (QED) is 0.411. The first kappa shape index (κ1) is 18.2.